The number of pyridine rings is 1. The molecule has 0 spiro atoms. The Balaban J connectivity index is 2.07. The molecule has 94 valence electrons. The SMILES string of the molecule is CC(C)c1cccc(OCc2cccnc2N)c1. The lowest BCUT2D eigenvalue weighted by Crippen LogP contribution is -2.02. The summed E-state index contributed by atoms with van der Waals surface area (Å²) in [6.07, 6.45) is 1.68. The van der Waals surface area contributed by atoms with Gasteiger partial charge in [-0.3, -0.25) is 0 Å². The van der Waals surface area contributed by atoms with E-state index >= 15 is 0 Å². The van der Waals surface area contributed by atoms with Crippen molar-refractivity contribution >= 4 is 5.82 Å². The second-order valence-electron chi connectivity index (χ2n) is 4.56. The molecule has 2 N–H and O–H groups in total. The first-order valence-electron chi connectivity index (χ1n) is 6.09. The van der Waals surface area contributed by atoms with E-state index in [4.69, 9.17) is 10.5 Å². The predicted molar refractivity (Wildman–Crippen MR) is 73.5 cm³/mol. The maximum Gasteiger partial charge on any atom is 0.129 e. The van der Waals surface area contributed by atoms with Crippen LogP contribution in [0.1, 0.15) is 30.9 Å². The summed E-state index contributed by atoms with van der Waals surface area (Å²) in [4.78, 5) is 4.03. The van der Waals surface area contributed by atoms with Gasteiger partial charge in [0.1, 0.15) is 18.2 Å². The Labute approximate surface area is 108 Å². The third kappa shape index (κ3) is 3.00. The van der Waals surface area contributed by atoms with Gasteiger partial charge in [0.15, 0.2) is 0 Å². The Morgan fingerprint density at radius 3 is 2.78 bits per heavy atom. The van der Waals surface area contributed by atoms with Crippen molar-refractivity contribution in [3.05, 3.63) is 53.7 Å². The van der Waals surface area contributed by atoms with Gasteiger partial charge in [-0.25, -0.2) is 4.98 Å². The summed E-state index contributed by atoms with van der Waals surface area (Å²) < 4.78 is 5.74. The first-order chi connectivity index (χ1) is 8.66. The normalized spacial score (nSPS) is 10.6. The second-order valence-corrected chi connectivity index (χ2v) is 4.56. The number of benzene rings is 1. The highest BCUT2D eigenvalue weighted by Gasteiger charge is 2.03. The fourth-order valence-electron chi connectivity index (χ4n) is 1.70. The Hall–Kier alpha value is -2.03. The van der Waals surface area contributed by atoms with Crippen LogP contribution in [0.5, 0.6) is 5.75 Å². The molecule has 1 aromatic carbocycles. The maximum absolute atomic E-state index is 5.77. The lowest BCUT2D eigenvalue weighted by molar-refractivity contribution is 0.306. The van der Waals surface area contributed by atoms with Crippen molar-refractivity contribution in [1.82, 2.24) is 4.98 Å². The summed E-state index contributed by atoms with van der Waals surface area (Å²) in [5.74, 6) is 1.89. The lowest BCUT2D eigenvalue weighted by Gasteiger charge is -2.10. The van der Waals surface area contributed by atoms with Crippen LogP contribution in [0.25, 0.3) is 0 Å². The summed E-state index contributed by atoms with van der Waals surface area (Å²) in [5.41, 5.74) is 7.95. The van der Waals surface area contributed by atoms with Crippen LogP contribution < -0.4 is 10.5 Å². The molecule has 0 saturated carbocycles. The molecule has 0 radical (unpaired) electrons. The quantitative estimate of drug-likeness (QED) is 0.894. The van der Waals surface area contributed by atoms with E-state index in [2.05, 4.69) is 31.0 Å². The van der Waals surface area contributed by atoms with Crippen LogP contribution in [0.2, 0.25) is 0 Å². The topological polar surface area (TPSA) is 48.1 Å². The van der Waals surface area contributed by atoms with Gasteiger partial charge in [-0.15, -0.1) is 0 Å². The summed E-state index contributed by atoms with van der Waals surface area (Å²) in [5, 5.41) is 0. The van der Waals surface area contributed by atoms with E-state index in [9.17, 15) is 0 Å². The summed E-state index contributed by atoms with van der Waals surface area (Å²) >= 11 is 0. The van der Waals surface area contributed by atoms with E-state index in [0.29, 0.717) is 18.3 Å². The van der Waals surface area contributed by atoms with Gasteiger partial charge in [-0.2, -0.15) is 0 Å². The monoisotopic (exact) mass is 242 g/mol. The van der Waals surface area contributed by atoms with Crippen LogP contribution >= 0.6 is 0 Å². The highest BCUT2D eigenvalue weighted by molar-refractivity contribution is 5.38. The maximum atomic E-state index is 5.77. The van der Waals surface area contributed by atoms with Crippen LogP contribution in [-0.4, -0.2) is 4.98 Å². The number of anilines is 1. The minimum absolute atomic E-state index is 0.446. The summed E-state index contributed by atoms with van der Waals surface area (Å²) in [6, 6.07) is 11.9. The van der Waals surface area contributed by atoms with E-state index in [1.807, 2.05) is 24.3 Å². The average molecular weight is 242 g/mol. The molecular weight excluding hydrogens is 224 g/mol. The Morgan fingerprint density at radius 2 is 2.06 bits per heavy atom. The number of hydrogen-bond donors (Lipinski definition) is 1. The zero-order chi connectivity index (χ0) is 13.0. The minimum atomic E-state index is 0.446. The second kappa shape index (κ2) is 5.54. The molecule has 2 rings (SSSR count). The van der Waals surface area contributed by atoms with Crippen LogP contribution in [0.4, 0.5) is 5.82 Å². The molecule has 0 saturated heterocycles. The molecule has 0 fully saturated rings. The van der Waals surface area contributed by atoms with E-state index in [1.54, 1.807) is 6.20 Å². The fourth-order valence-corrected chi connectivity index (χ4v) is 1.70. The minimum Gasteiger partial charge on any atom is -0.489 e. The van der Waals surface area contributed by atoms with Crippen LogP contribution in [-0.2, 0) is 6.61 Å². The lowest BCUT2D eigenvalue weighted by atomic mass is 10.0. The van der Waals surface area contributed by atoms with Gasteiger partial charge >= 0.3 is 0 Å². The standard InChI is InChI=1S/C15H18N2O/c1-11(2)12-5-3-7-14(9-12)18-10-13-6-4-8-17-15(13)16/h3-9,11H,10H2,1-2H3,(H2,16,17). The van der Waals surface area contributed by atoms with Crippen LogP contribution in [0.3, 0.4) is 0 Å². The summed E-state index contributed by atoms with van der Waals surface area (Å²) in [7, 11) is 0. The molecule has 1 aromatic heterocycles. The Bertz CT molecular complexity index is 523. The Morgan fingerprint density at radius 1 is 1.22 bits per heavy atom. The number of aromatic nitrogens is 1. The molecule has 0 atom stereocenters. The van der Waals surface area contributed by atoms with Gasteiger partial charge in [-0.1, -0.05) is 32.0 Å². The van der Waals surface area contributed by atoms with Crippen molar-refractivity contribution in [2.24, 2.45) is 0 Å². The average Bonchev–Trinajstić information content (AvgIpc) is 2.38. The van der Waals surface area contributed by atoms with Crippen molar-refractivity contribution in [3.8, 4) is 5.75 Å². The van der Waals surface area contributed by atoms with Gasteiger partial charge in [0.25, 0.3) is 0 Å². The van der Waals surface area contributed by atoms with Crippen molar-refractivity contribution in [2.45, 2.75) is 26.4 Å². The molecule has 0 unspecified atom stereocenters. The van der Waals surface area contributed by atoms with Crippen molar-refractivity contribution in [1.29, 1.82) is 0 Å². The number of nitrogens with zero attached hydrogens (tertiary/aromatic N) is 1. The number of rotatable bonds is 4. The van der Waals surface area contributed by atoms with E-state index < -0.39 is 0 Å². The first kappa shape index (κ1) is 12.4. The predicted octanol–water partition coefficient (Wildman–Crippen LogP) is 3.37. The zero-order valence-electron chi connectivity index (χ0n) is 10.8. The van der Waals surface area contributed by atoms with Crippen molar-refractivity contribution in [2.75, 3.05) is 5.73 Å². The van der Waals surface area contributed by atoms with Gasteiger partial charge < -0.3 is 10.5 Å². The molecule has 0 amide bonds. The Kier molecular flexibility index (Phi) is 3.82. The molecule has 0 aliphatic rings. The van der Waals surface area contributed by atoms with E-state index in [-0.39, 0.29) is 0 Å². The largest absolute Gasteiger partial charge is 0.489 e. The molecule has 18 heavy (non-hydrogen) atoms. The highest BCUT2D eigenvalue weighted by atomic mass is 16.5. The van der Waals surface area contributed by atoms with Crippen molar-refractivity contribution < 1.29 is 4.74 Å². The van der Waals surface area contributed by atoms with Gasteiger partial charge in [0.05, 0.1) is 0 Å². The van der Waals surface area contributed by atoms with Crippen molar-refractivity contribution in [3.63, 3.8) is 0 Å². The summed E-state index contributed by atoms with van der Waals surface area (Å²) in [6.45, 7) is 4.78. The highest BCUT2D eigenvalue weighted by Crippen LogP contribution is 2.21. The number of nitrogens with two attached hydrogens (primary N) is 1. The molecule has 0 aliphatic carbocycles. The number of hydrogen-bond acceptors (Lipinski definition) is 3. The first-order valence-corrected chi connectivity index (χ1v) is 6.09. The number of nitrogen functional groups attached to an aromatic ring is 1. The van der Waals surface area contributed by atoms with Gasteiger partial charge in [0.2, 0.25) is 0 Å². The zero-order valence-corrected chi connectivity index (χ0v) is 10.8. The van der Waals surface area contributed by atoms with E-state index in [1.165, 1.54) is 5.56 Å². The number of ether oxygens (including phenoxy) is 1. The molecule has 2 aromatic rings. The van der Waals surface area contributed by atoms with Gasteiger partial charge in [-0.05, 0) is 29.7 Å². The third-order valence-corrected chi connectivity index (χ3v) is 2.85. The van der Waals surface area contributed by atoms with Crippen LogP contribution in [0.15, 0.2) is 42.6 Å². The molecule has 3 nitrogen and oxygen atoms in total. The molecule has 0 bridgehead atoms. The fraction of sp³-hybridized carbons (Fsp3) is 0.267. The van der Waals surface area contributed by atoms with E-state index in [0.717, 1.165) is 11.3 Å². The third-order valence-electron chi connectivity index (χ3n) is 2.85. The van der Waals surface area contributed by atoms with Crippen LogP contribution in [0, 0.1) is 0 Å². The smallest absolute Gasteiger partial charge is 0.129 e. The van der Waals surface area contributed by atoms with Gasteiger partial charge in [0, 0.05) is 11.8 Å². The molecule has 3 heteroatoms. The molecule has 0 aliphatic heterocycles. The molecule has 1 heterocycles. The molecular formula is C15H18N2O.